The van der Waals surface area contributed by atoms with E-state index in [1.807, 2.05) is 12.2 Å². The molecule has 1 aromatic heterocycles. The van der Waals surface area contributed by atoms with Crippen LogP contribution in [0.5, 0.6) is 6.01 Å². The topological polar surface area (TPSA) is 140 Å². The lowest BCUT2D eigenvalue weighted by molar-refractivity contribution is -0.149. The Bertz CT molecular complexity index is 1430. The molecule has 11 nitrogen and oxygen atoms in total. The van der Waals surface area contributed by atoms with Gasteiger partial charge >= 0.3 is 12.1 Å². The van der Waals surface area contributed by atoms with Crippen LogP contribution >= 0.6 is 0 Å². The molecule has 0 spiro atoms. The maximum atomic E-state index is 14.0. The van der Waals surface area contributed by atoms with Crippen molar-refractivity contribution in [1.29, 1.82) is 0 Å². The molecule has 0 radical (unpaired) electrons. The standard InChI is InChI=1S/C31H38N4O7/c36-27-22-13-5-6-14-23(22)32-30-34(27)16-7-1-2-9-19-12-8-15-25(19)42-31(40)33-26(20-10-3-4-11-20)28(37)35-18-21(41-30)17-24(35)29(38)39/h1,5-7,13-14,19-21,24-26H,2-4,8-12,15-18H2,(H,33,40)(H,38,39)/b7-1+/t19-,21-,24+,25-,26+/m1/s1. The minimum atomic E-state index is -1.14. The summed E-state index contributed by atoms with van der Waals surface area (Å²) in [5.74, 6) is -1.47. The molecule has 1 saturated heterocycles. The first-order valence-electron chi connectivity index (χ1n) is 15.2. The van der Waals surface area contributed by atoms with Gasteiger partial charge < -0.3 is 24.8 Å². The predicted octanol–water partition coefficient (Wildman–Crippen LogP) is 3.63. The van der Waals surface area contributed by atoms with Crippen molar-refractivity contribution in [3.63, 3.8) is 0 Å². The third-order valence-electron chi connectivity index (χ3n) is 9.35. The molecule has 224 valence electrons. The number of allylic oxidation sites excluding steroid dienone is 2. The van der Waals surface area contributed by atoms with Gasteiger partial charge in [-0.15, -0.1) is 0 Å². The molecule has 5 atom stereocenters. The van der Waals surface area contributed by atoms with Gasteiger partial charge in [-0.1, -0.05) is 37.1 Å². The van der Waals surface area contributed by atoms with E-state index in [1.54, 1.807) is 24.3 Å². The molecule has 3 fully saturated rings. The van der Waals surface area contributed by atoms with E-state index in [2.05, 4.69) is 10.3 Å². The number of para-hydroxylation sites is 1. The molecule has 42 heavy (non-hydrogen) atoms. The molecule has 2 amide bonds. The summed E-state index contributed by atoms with van der Waals surface area (Å²) >= 11 is 0. The number of carboxylic acids is 1. The largest absolute Gasteiger partial charge is 0.480 e. The number of aliphatic carboxylic acids is 1. The highest BCUT2D eigenvalue weighted by molar-refractivity contribution is 5.90. The van der Waals surface area contributed by atoms with Crippen LogP contribution in [0, 0.1) is 11.8 Å². The van der Waals surface area contributed by atoms with E-state index in [4.69, 9.17) is 9.47 Å². The van der Waals surface area contributed by atoms with Crippen LogP contribution < -0.4 is 15.6 Å². The van der Waals surface area contributed by atoms with E-state index in [-0.39, 0.29) is 49.0 Å². The monoisotopic (exact) mass is 578 g/mol. The van der Waals surface area contributed by atoms with Crippen LogP contribution in [0.15, 0.2) is 41.2 Å². The summed E-state index contributed by atoms with van der Waals surface area (Å²) in [6.07, 6.45) is 10.2. The number of nitrogens with zero attached hydrogens (tertiary/aromatic N) is 3. The lowest BCUT2D eigenvalue weighted by Gasteiger charge is -2.31. The highest BCUT2D eigenvalue weighted by Crippen LogP contribution is 2.34. The van der Waals surface area contributed by atoms with Crippen molar-refractivity contribution in [3.8, 4) is 6.01 Å². The van der Waals surface area contributed by atoms with Crippen LogP contribution in [-0.4, -0.2) is 68.4 Å². The molecule has 4 aliphatic rings. The smallest absolute Gasteiger partial charge is 0.408 e. The van der Waals surface area contributed by atoms with Crippen LogP contribution in [0.3, 0.4) is 0 Å². The summed E-state index contributed by atoms with van der Waals surface area (Å²) < 4.78 is 13.6. The lowest BCUT2D eigenvalue weighted by atomic mass is 9.96. The van der Waals surface area contributed by atoms with Gasteiger partial charge in [-0.05, 0) is 68.9 Å². The number of hydrogen-bond donors (Lipinski definition) is 2. The number of fused-ring (bicyclic) bond motifs is 5. The van der Waals surface area contributed by atoms with E-state index >= 15 is 0 Å². The average Bonchev–Trinajstić information content (AvgIpc) is 3.74. The number of amides is 2. The summed E-state index contributed by atoms with van der Waals surface area (Å²) in [4.78, 5) is 58.9. The summed E-state index contributed by atoms with van der Waals surface area (Å²) in [7, 11) is 0. The van der Waals surface area contributed by atoms with E-state index < -0.39 is 36.2 Å². The minimum absolute atomic E-state index is 0.00101. The number of carboxylic acid groups (broad SMARTS) is 1. The zero-order chi connectivity index (χ0) is 29.2. The summed E-state index contributed by atoms with van der Waals surface area (Å²) in [5.41, 5.74) is 0.237. The Morgan fingerprint density at radius 3 is 2.55 bits per heavy atom. The highest BCUT2D eigenvalue weighted by atomic mass is 16.6. The van der Waals surface area contributed by atoms with Crippen molar-refractivity contribution in [2.75, 3.05) is 6.54 Å². The molecule has 2 N–H and O–H groups in total. The highest BCUT2D eigenvalue weighted by Gasteiger charge is 2.46. The fourth-order valence-corrected chi connectivity index (χ4v) is 7.15. The quantitative estimate of drug-likeness (QED) is 0.515. The number of hydrogen-bond acceptors (Lipinski definition) is 7. The Balaban J connectivity index is 1.36. The van der Waals surface area contributed by atoms with Gasteiger partial charge in [0.25, 0.3) is 11.6 Å². The maximum Gasteiger partial charge on any atom is 0.408 e. The van der Waals surface area contributed by atoms with Crippen LogP contribution in [-0.2, 0) is 20.9 Å². The third-order valence-corrected chi connectivity index (χ3v) is 9.35. The van der Waals surface area contributed by atoms with Gasteiger partial charge in [0.15, 0.2) is 0 Å². The molecule has 2 aliphatic heterocycles. The molecule has 2 saturated carbocycles. The fraction of sp³-hybridized carbons (Fsp3) is 0.581. The maximum absolute atomic E-state index is 14.0. The van der Waals surface area contributed by atoms with Crippen LogP contribution in [0.25, 0.3) is 10.9 Å². The SMILES string of the molecule is O=C1N[C@@H](C2CCCC2)C(=O)N2C[C@@H](C[C@H]2C(=O)O)Oc2nc3ccccc3c(=O)n2C/C=C/CC[C@@H]2CCC[C@H]2O1. The zero-order valence-corrected chi connectivity index (χ0v) is 23.7. The van der Waals surface area contributed by atoms with Crippen molar-refractivity contribution in [3.05, 3.63) is 46.8 Å². The number of nitrogens with one attached hydrogen (secondary N) is 1. The second-order valence-electron chi connectivity index (χ2n) is 12.0. The number of alkyl carbamates (subject to hydrolysis) is 1. The molecule has 3 heterocycles. The van der Waals surface area contributed by atoms with Crippen molar-refractivity contribution < 1.29 is 29.0 Å². The van der Waals surface area contributed by atoms with E-state index in [0.717, 1.165) is 57.8 Å². The number of ether oxygens (including phenoxy) is 2. The van der Waals surface area contributed by atoms with Gasteiger partial charge in [0.1, 0.15) is 24.3 Å². The van der Waals surface area contributed by atoms with Crippen LogP contribution in [0.2, 0.25) is 0 Å². The van der Waals surface area contributed by atoms with Crippen molar-refractivity contribution in [1.82, 2.24) is 19.8 Å². The first kappa shape index (κ1) is 28.2. The van der Waals surface area contributed by atoms with Gasteiger partial charge in [0.05, 0.1) is 17.4 Å². The summed E-state index contributed by atoms with van der Waals surface area (Å²) in [6, 6.07) is 5.13. The van der Waals surface area contributed by atoms with Gasteiger partial charge in [0.2, 0.25) is 5.91 Å². The number of aromatic nitrogens is 2. The van der Waals surface area contributed by atoms with Gasteiger partial charge in [-0.25, -0.2) is 9.59 Å². The normalized spacial score (nSPS) is 30.0. The predicted molar refractivity (Wildman–Crippen MR) is 153 cm³/mol. The molecular formula is C31H38N4O7. The first-order valence-corrected chi connectivity index (χ1v) is 15.2. The second kappa shape index (κ2) is 12.1. The van der Waals surface area contributed by atoms with E-state index in [0.29, 0.717) is 10.9 Å². The van der Waals surface area contributed by atoms with E-state index in [9.17, 15) is 24.3 Å². The van der Waals surface area contributed by atoms with Crippen molar-refractivity contribution in [2.24, 2.45) is 11.8 Å². The number of carbonyl (C=O) groups excluding carboxylic acids is 2. The number of benzene rings is 1. The molecule has 2 aromatic rings. The number of rotatable bonds is 2. The Labute approximate surface area is 243 Å². The second-order valence-corrected chi connectivity index (χ2v) is 12.0. The van der Waals surface area contributed by atoms with E-state index in [1.165, 1.54) is 9.47 Å². The minimum Gasteiger partial charge on any atom is -0.480 e. The molecule has 1 aromatic carbocycles. The first-order chi connectivity index (χ1) is 20.4. The van der Waals surface area contributed by atoms with Crippen molar-refractivity contribution in [2.45, 2.75) is 95.0 Å². The lowest BCUT2D eigenvalue weighted by Crippen LogP contribution is -2.55. The Hall–Kier alpha value is -3.89. The Morgan fingerprint density at radius 2 is 1.74 bits per heavy atom. The molecule has 11 heteroatoms. The molecule has 0 unspecified atom stereocenters. The Kier molecular flexibility index (Phi) is 8.17. The van der Waals surface area contributed by atoms with Gasteiger partial charge in [-0.2, -0.15) is 4.98 Å². The molecule has 2 aliphatic carbocycles. The third kappa shape index (κ3) is 5.73. The Morgan fingerprint density at radius 1 is 0.952 bits per heavy atom. The average molecular weight is 579 g/mol. The van der Waals surface area contributed by atoms with Gasteiger partial charge in [0, 0.05) is 13.0 Å². The molecular weight excluding hydrogens is 540 g/mol. The number of carbonyl (C=O) groups is 3. The molecule has 6 rings (SSSR count). The fourth-order valence-electron chi connectivity index (χ4n) is 7.15. The van der Waals surface area contributed by atoms with Crippen LogP contribution in [0.4, 0.5) is 4.79 Å². The zero-order valence-electron chi connectivity index (χ0n) is 23.7. The summed E-state index contributed by atoms with van der Waals surface area (Å²) in [5, 5.41) is 13.4. The summed E-state index contributed by atoms with van der Waals surface area (Å²) in [6.45, 7) is 0.236. The van der Waals surface area contributed by atoms with Gasteiger partial charge in [-0.3, -0.25) is 14.2 Å². The molecule has 2 bridgehead atoms. The van der Waals surface area contributed by atoms with Crippen LogP contribution in [0.1, 0.15) is 64.2 Å². The van der Waals surface area contributed by atoms with Crippen molar-refractivity contribution >= 4 is 28.9 Å².